The largest absolute Gasteiger partial charge is 0.493 e. The highest BCUT2D eigenvalue weighted by Crippen LogP contribution is 2.35. The minimum absolute atomic E-state index is 0.228. The molecule has 0 heterocycles. The van der Waals surface area contributed by atoms with E-state index < -0.39 is 11.9 Å². The molecule has 0 aromatic heterocycles. The number of hydrogen-bond acceptors (Lipinski definition) is 8. The fourth-order valence-electron chi connectivity index (χ4n) is 6.71. The lowest BCUT2D eigenvalue weighted by molar-refractivity contribution is -0.140. The van der Waals surface area contributed by atoms with Crippen molar-refractivity contribution in [3.63, 3.8) is 0 Å². The van der Waals surface area contributed by atoms with Crippen molar-refractivity contribution in [2.24, 2.45) is 0 Å². The molecule has 0 aliphatic carbocycles. The molecule has 0 aliphatic rings. The van der Waals surface area contributed by atoms with Gasteiger partial charge in [0.25, 0.3) is 0 Å². The number of benzene rings is 6. The molecule has 0 aliphatic heterocycles. The van der Waals surface area contributed by atoms with Crippen LogP contribution in [0, 0.1) is 27.7 Å². The van der Waals surface area contributed by atoms with Crippen LogP contribution in [0.4, 0.5) is 0 Å². The summed E-state index contributed by atoms with van der Waals surface area (Å²) in [7, 11) is 0. The molecule has 8 heteroatoms. The van der Waals surface area contributed by atoms with E-state index in [9.17, 15) is 9.59 Å². The standard InChI is InChI=1S/C50H50O8/c1-33-27-41(28-34(2)47(33)53-23-13-25-55-49(51)37(5)31-57-45-21-11-17-39-15-7-9-19-43(39)45)42-29-35(3)48(36(4)30-42)54-24-14-26-56-50(52)38(6)32-58-46-22-12-18-40-16-8-10-20-44(40)46/h7-12,15-22,27-32H,13-14,23-26H2,1-6H3. The topological polar surface area (TPSA) is 89.5 Å². The number of aryl methyl sites for hydroxylation is 4. The Kier molecular flexibility index (Phi) is 13.9. The zero-order chi connectivity index (χ0) is 41.0. The minimum Gasteiger partial charge on any atom is -0.493 e. The van der Waals surface area contributed by atoms with Gasteiger partial charge in [0.1, 0.15) is 35.5 Å². The molecule has 0 bridgehead atoms. The fourth-order valence-corrected chi connectivity index (χ4v) is 6.71. The van der Waals surface area contributed by atoms with Gasteiger partial charge in [0.15, 0.2) is 0 Å². The minimum atomic E-state index is -0.428. The van der Waals surface area contributed by atoms with Gasteiger partial charge in [-0.15, -0.1) is 0 Å². The monoisotopic (exact) mass is 778 g/mol. The highest BCUT2D eigenvalue weighted by Gasteiger charge is 2.14. The lowest BCUT2D eigenvalue weighted by Gasteiger charge is -2.17. The van der Waals surface area contributed by atoms with Gasteiger partial charge >= 0.3 is 11.9 Å². The summed E-state index contributed by atoms with van der Waals surface area (Å²) >= 11 is 0. The number of carbonyl (C=O) groups is 2. The molecule has 0 radical (unpaired) electrons. The van der Waals surface area contributed by atoms with E-state index >= 15 is 0 Å². The quantitative estimate of drug-likeness (QED) is 0.0391. The number of esters is 2. The first-order chi connectivity index (χ1) is 28.1. The zero-order valence-corrected chi connectivity index (χ0v) is 34.1. The second-order valence-electron chi connectivity index (χ2n) is 14.3. The molecule has 0 atom stereocenters. The average Bonchev–Trinajstić information content (AvgIpc) is 3.22. The fraction of sp³-hybridized carbons (Fsp3) is 0.240. The Labute approximate surface area is 340 Å². The van der Waals surface area contributed by atoms with Gasteiger partial charge in [-0.05, 0) is 122 Å². The first-order valence-electron chi connectivity index (χ1n) is 19.5. The molecule has 0 spiro atoms. The molecule has 6 aromatic carbocycles. The van der Waals surface area contributed by atoms with Crippen molar-refractivity contribution < 1.29 is 38.0 Å². The summed E-state index contributed by atoms with van der Waals surface area (Å²) in [6, 6.07) is 36.0. The summed E-state index contributed by atoms with van der Waals surface area (Å²) in [5.74, 6) is 2.16. The van der Waals surface area contributed by atoms with E-state index in [4.69, 9.17) is 28.4 Å². The summed E-state index contributed by atoms with van der Waals surface area (Å²) in [6.45, 7) is 12.8. The Morgan fingerprint density at radius 2 is 0.845 bits per heavy atom. The van der Waals surface area contributed by atoms with Gasteiger partial charge in [-0.3, -0.25) is 0 Å². The normalized spacial score (nSPS) is 11.7. The molecule has 0 saturated carbocycles. The van der Waals surface area contributed by atoms with Gasteiger partial charge in [0, 0.05) is 23.6 Å². The molecule has 0 N–H and O–H groups in total. The van der Waals surface area contributed by atoms with Crippen molar-refractivity contribution in [1.82, 2.24) is 0 Å². The highest BCUT2D eigenvalue weighted by atomic mass is 16.5. The van der Waals surface area contributed by atoms with Crippen molar-refractivity contribution in [2.75, 3.05) is 26.4 Å². The smallest absolute Gasteiger partial charge is 0.336 e. The average molecular weight is 779 g/mol. The zero-order valence-electron chi connectivity index (χ0n) is 34.1. The summed E-state index contributed by atoms with van der Waals surface area (Å²) in [6.07, 6.45) is 3.97. The van der Waals surface area contributed by atoms with Crippen LogP contribution in [0.2, 0.25) is 0 Å². The van der Waals surface area contributed by atoms with Gasteiger partial charge < -0.3 is 28.4 Å². The van der Waals surface area contributed by atoms with E-state index in [1.54, 1.807) is 13.8 Å². The molecule has 8 nitrogen and oxygen atoms in total. The molecule has 0 unspecified atom stereocenters. The number of fused-ring (bicyclic) bond motifs is 2. The molecule has 58 heavy (non-hydrogen) atoms. The highest BCUT2D eigenvalue weighted by molar-refractivity contribution is 5.90. The number of carbonyl (C=O) groups excluding carboxylic acids is 2. The van der Waals surface area contributed by atoms with E-state index in [2.05, 4.69) is 24.3 Å². The number of hydrogen-bond donors (Lipinski definition) is 0. The van der Waals surface area contributed by atoms with Gasteiger partial charge in [0.05, 0.1) is 37.6 Å². The summed E-state index contributed by atoms with van der Waals surface area (Å²) < 4.78 is 34.9. The predicted octanol–water partition coefficient (Wildman–Crippen LogP) is 11.5. The Hall–Kier alpha value is -6.54. The van der Waals surface area contributed by atoms with Crippen LogP contribution in [-0.4, -0.2) is 38.4 Å². The Morgan fingerprint density at radius 3 is 1.24 bits per heavy atom. The van der Waals surface area contributed by atoms with Gasteiger partial charge in [-0.1, -0.05) is 72.8 Å². The van der Waals surface area contributed by atoms with E-state index in [1.807, 2.05) is 113 Å². The third kappa shape index (κ3) is 10.4. The van der Waals surface area contributed by atoms with Crippen LogP contribution >= 0.6 is 0 Å². The molecule has 0 saturated heterocycles. The van der Waals surface area contributed by atoms with E-state index in [0.29, 0.717) is 48.7 Å². The third-order valence-electron chi connectivity index (χ3n) is 9.66. The van der Waals surface area contributed by atoms with E-state index in [1.165, 1.54) is 12.5 Å². The van der Waals surface area contributed by atoms with E-state index in [0.717, 1.165) is 66.4 Å². The van der Waals surface area contributed by atoms with E-state index in [-0.39, 0.29) is 13.2 Å². The summed E-state index contributed by atoms with van der Waals surface area (Å²) in [5.41, 5.74) is 7.01. The maximum Gasteiger partial charge on any atom is 0.336 e. The lowest BCUT2D eigenvalue weighted by atomic mass is 9.96. The summed E-state index contributed by atoms with van der Waals surface area (Å²) in [5, 5.41) is 4.08. The molecular weight excluding hydrogens is 729 g/mol. The third-order valence-corrected chi connectivity index (χ3v) is 9.66. The Bertz CT molecular complexity index is 2250. The Morgan fingerprint density at radius 1 is 0.483 bits per heavy atom. The van der Waals surface area contributed by atoms with Crippen LogP contribution in [0.3, 0.4) is 0 Å². The first-order valence-corrected chi connectivity index (χ1v) is 19.5. The second-order valence-corrected chi connectivity index (χ2v) is 14.3. The maximum absolute atomic E-state index is 12.6. The van der Waals surface area contributed by atoms with Crippen LogP contribution in [0.1, 0.15) is 48.9 Å². The van der Waals surface area contributed by atoms with Crippen molar-refractivity contribution in [3.05, 3.63) is 155 Å². The van der Waals surface area contributed by atoms with Crippen molar-refractivity contribution in [1.29, 1.82) is 0 Å². The molecule has 298 valence electrons. The van der Waals surface area contributed by atoms with Crippen molar-refractivity contribution in [2.45, 2.75) is 54.4 Å². The molecule has 0 amide bonds. The number of ether oxygens (including phenoxy) is 6. The van der Waals surface area contributed by atoms with Crippen LogP contribution in [-0.2, 0) is 19.1 Å². The summed E-state index contributed by atoms with van der Waals surface area (Å²) in [4.78, 5) is 25.1. The Balaban J connectivity index is 0.931. The van der Waals surface area contributed by atoms with Crippen molar-refractivity contribution >= 4 is 33.5 Å². The maximum atomic E-state index is 12.6. The molecule has 6 aromatic rings. The predicted molar refractivity (Wildman–Crippen MR) is 230 cm³/mol. The molecular formula is C50H50O8. The van der Waals surface area contributed by atoms with Crippen LogP contribution in [0.15, 0.2) is 133 Å². The SMILES string of the molecule is CC(=COc1cccc2ccccc12)C(=O)OCCCOc1c(C)cc(-c2cc(C)c(OCCCOC(=O)C(C)=COc3cccc4ccccc34)c(C)c2)cc1C. The van der Waals surface area contributed by atoms with Crippen LogP contribution < -0.4 is 18.9 Å². The second kappa shape index (κ2) is 19.6. The van der Waals surface area contributed by atoms with Gasteiger partial charge in [-0.25, -0.2) is 9.59 Å². The van der Waals surface area contributed by atoms with Crippen LogP contribution in [0.25, 0.3) is 32.7 Å². The van der Waals surface area contributed by atoms with Gasteiger partial charge in [0.2, 0.25) is 0 Å². The van der Waals surface area contributed by atoms with Gasteiger partial charge in [-0.2, -0.15) is 0 Å². The van der Waals surface area contributed by atoms with Crippen molar-refractivity contribution in [3.8, 4) is 34.1 Å². The molecule has 0 fully saturated rings. The number of rotatable bonds is 17. The lowest BCUT2D eigenvalue weighted by Crippen LogP contribution is -2.11. The molecule has 6 rings (SSSR count). The first kappa shape index (κ1) is 41.1. The van der Waals surface area contributed by atoms with Crippen LogP contribution in [0.5, 0.6) is 23.0 Å².